The second-order valence-electron chi connectivity index (χ2n) is 12.7. The summed E-state index contributed by atoms with van der Waals surface area (Å²) in [7, 11) is 0. The minimum atomic E-state index is -0.0979. The molecule has 0 atom stereocenters. The van der Waals surface area contributed by atoms with E-state index < -0.39 is 0 Å². The average molecular weight is 683 g/mol. The molecule has 3 fully saturated rings. The van der Waals surface area contributed by atoms with Crippen molar-refractivity contribution in [1.29, 1.82) is 0 Å². The minimum absolute atomic E-state index is 0.0979. The van der Waals surface area contributed by atoms with Crippen molar-refractivity contribution in [2.75, 3.05) is 97.0 Å². The number of rotatable bonds is 8. The van der Waals surface area contributed by atoms with Crippen LogP contribution in [0.15, 0.2) is 91.0 Å². The van der Waals surface area contributed by atoms with Gasteiger partial charge in [0, 0.05) is 100.0 Å². The van der Waals surface area contributed by atoms with Gasteiger partial charge in [0.25, 0.3) is 0 Å². The maximum atomic E-state index is 6.23. The topological polar surface area (TPSA) is 72.0 Å². The number of anilines is 5. The van der Waals surface area contributed by atoms with Gasteiger partial charge in [-0.25, -0.2) is 0 Å². The number of aromatic nitrogens is 2. The van der Waals surface area contributed by atoms with Gasteiger partial charge in [-0.3, -0.25) is 0 Å². The monoisotopic (exact) mass is 682 g/mol. The molecule has 2 N–H and O–H groups in total. The number of ether oxygens (including phenoxy) is 1. The minimum Gasteiger partial charge on any atom is -0.381 e. The van der Waals surface area contributed by atoms with Gasteiger partial charge in [-0.05, 0) is 67.0 Å². The highest BCUT2D eigenvalue weighted by atomic mass is 35.5. The van der Waals surface area contributed by atoms with Crippen molar-refractivity contribution in [2.45, 2.75) is 18.3 Å². The smallest absolute Gasteiger partial charge is 0.232 e. The molecule has 7 rings (SSSR count). The van der Waals surface area contributed by atoms with Crippen LogP contribution in [0.25, 0.3) is 0 Å². The van der Waals surface area contributed by atoms with Crippen molar-refractivity contribution in [2.24, 2.45) is 0 Å². The molecule has 11 heteroatoms. The number of hydrogen-bond acceptors (Lipinski definition) is 8. The van der Waals surface area contributed by atoms with Gasteiger partial charge < -0.3 is 35.0 Å². The summed E-state index contributed by atoms with van der Waals surface area (Å²) in [5, 5.41) is 8.12. The third-order valence-corrected chi connectivity index (χ3v) is 10.4. The zero-order valence-electron chi connectivity index (χ0n) is 27.2. The van der Waals surface area contributed by atoms with Crippen LogP contribution in [0, 0.1) is 0 Å². The zero-order chi connectivity index (χ0) is 32.8. The van der Waals surface area contributed by atoms with E-state index >= 15 is 0 Å². The summed E-state index contributed by atoms with van der Waals surface area (Å²) in [6, 6.07) is 31.6. The molecule has 1 aromatic heterocycles. The van der Waals surface area contributed by atoms with Crippen LogP contribution in [-0.2, 0) is 10.2 Å². The van der Waals surface area contributed by atoms with Crippen LogP contribution in [0.4, 0.5) is 29.0 Å². The number of nitrogens with zero attached hydrogens (tertiary/aromatic N) is 6. The van der Waals surface area contributed by atoms with Gasteiger partial charge in [-0.15, -0.1) is 0 Å². The lowest BCUT2D eigenvalue weighted by Crippen LogP contribution is -2.48. The summed E-state index contributed by atoms with van der Waals surface area (Å²) >= 11 is 12.1. The SMILES string of the molecule is S=C(NCC1(c2ccc(Cl)cc2)CCOCC1)Nc1nc(N2CCN(c3ccccc3)CC2)cc(N2CCN(c3ccccc3)CC2)n1. The van der Waals surface area contributed by atoms with Gasteiger partial charge in [-0.2, -0.15) is 9.97 Å². The van der Waals surface area contributed by atoms with Crippen LogP contribution < -0.4 is 30.2 Å². The van der Waals surface area contributed by atoms with E-state index in [1.54, 1.807) is 0 Å². The molecule has 0 spiro atoms. The molecule has 0 unspecified atom stereocenters. The first-order valence-electron chi connectivity index (χ1n) is 16.9. The first kappa shape index (κ1) is 32.4. The first-order valence-corrected chi connectivity index (χ1v) is 17.7. The Kier molecular flexibility index (Phi) is 10.1. The molecule has 3 aromatic carbocycles. The number of thiocarbonyl (C=S) groups is 1. The molecule has 9 nitrogen and oxygen atoms in total. The Bertz CT molecular complexity index is 1560. The van der Waals surface area contributed by atoms with Crippen molar-refractivity contribution >= 4 is 57.9 Å². The van der Waals surface area contributed by atoms with E-state index in [4.69, 9.17) is 38.5 Å². The van der Waals surface area contributed by atoms with Crippen LogP contribution in [0.1, 0.15) is 18.4 Å². The number of halogens is 1. The fourth-order valence-electron chi connectivity index (χ4n) is 7.00. The fourth-order valence-corrected chi connectivity index (χ4v) is 7.28. The third-order valence-electron chi connectivity index (χ3n) is 9.87. The zero-order valence-corrected chi connectivity index (χ0v) is 28.8. The van der Waals surface area contributed by atoms with Crippen molar-refractivity contribution in [3.63, 3.8) is 0 Å². The molecule has 3 aliphatic rings. The van der Waals surface area contributed by atoms with E-state index in [9.17, 15) is 0 Å². The Balaban J connectivity index is 1.07. The predicted octanol–water partition coefficient (Wildman–Crippen LogP) is 5.82. The molecule has 3 saturated heterocycles. The number of benzene rings is 3. The van der Waals surface area contributed by atoms with E-state index in [1.165, 1.54) is 16.9 Å². The Morgan fingerprint density at radius 2 is 1.17 bits per heavy atom. The summed E-state index contributed by atoms with van der Waals surface area (Å²) < 4.78 is 5.74. The summed E-state index contributed by atoms with van der Waals surface area (Å²) in [6.07, 6.45) is 1.81. The third kappa shape index (κ3) is 7.61. The molecule has 0 radical (unpaired) electrons. The lowest BCUT2D eigenvalue weighted by Gasteiger charge is -2.39. The number of hydrogen-bond donors (Lipinski definition) is 2. The number of nitrogens with one attached hydrogen (secondary N) is 2. The highest BCUT2D eigenvalue weighted by Gasteiger charge is 2.34. The highest BCUT2D eigenvalue weighted by molar-refractivity contribution is 7.80. The standard InChI is InChI=1S/C37H43ClN8OS/c38-30-13-11-29(12-14-30)37(15-25-47-26-16-37)28-39-36(48)42-35-40-33(45-21-17-43(18-22-45)31-7-3-1-4-8-31)27-34(41-35)46-23-19-44(20-24-46)32-9-5-2-6-10-32/h1-14,27H,15-26,28H2,(H2,39,40,41,42,48). The van der Waals surface area contributed by atoms with Crippen LogP contribution in [0.2, 0.25) is 5.02 Å². The maximum Gasteiger partial charge on any atom is 0.232 e. The summed E-state index contributed by atoms with van der Waals surface area (Å²) in [4.78, 5) is 19.6. The Labute approximate surface area is 293 Å². The maximum absolute atomic E-state index is 6.23. The van der Waals surface area contributed by atoms with Crippen LogP contribution in [0.5, 0.6) is 0 Å². The van der Waals surface area contributed by atoms with Crippen LogP contribution in [-0.4, -0.2) is 87.2 Å². The van der Waals surface area contributed by atoms with Crippen molar-refractivity contribution in [3.8, 4) is 0 Å². The molecular weight excluding hydrogens is 640 g/mol. The Morgan fingerprint density at radius 3 is 1.67 bits per heavy atom. The van der Waals surface area contributed by atoms with Crippen molar-refractivity contribution in [3.05, 3.63) is 102 Å². The second-order valence-corrected chi connectivity index (χ2v) is 13.6. The fraction of sp³-hybridized carbons (Fsp3) is 0.378. The Hall–Kier alpha value is -4.12. The molecule has 250 valence electrons. The van der Waals surface area contributed by atoms with E-state index in [1.807, 2.05) is 12.1 Å². The Morgan fingerprint density at radius 1 is 0.688 bits per heavy atom. The molecule has 48 heavy (non-hydrogen) atoms. The normalized spacial score (nSPS) is 18.0. The van der Waals surface area contributed by atoms with Crippen molar-refractivity contribution < 1.29 is 4.74 Å². The lowest BCUT2D eigenvalue weighted by molar-refractivity contribution is 0.0515. The van der Waals surface area contributed by atoms with E-state index in [0.29, 0.717) is 30.8 Å². The van der Waals surface area contributed by atoms with Gasteiger partial charge in [0.2, 0.25) is 5.95 Å². The average Bonchev–Trinajstić information content (AvgIpc) is 3.15. The van der Waals surface area contributed by atoms with Gasteiger partial charge in [0.15, 0.2) is 5.11 Å². The van der Waals surface area contributed by atoms with E-state index in [0.717, 1.165) is 81.9 Å². The number of para-hydroxylation sites is 2. The van der Waals surface area contributed by atoms with Gasteiger partial charge in [0.05, 0.1) is 0 Å². The van der Waals surface area contributed by atoms with E-state index in [2.05, 4.69) is 109 Å². The van der Waals surface area contributed by atoms with Crippen LogP contribution >= 0.6 is 23.8 Å². The molecule has 0 aliphatic carbocycles. The highest BCUT2D eigenvalue weighted by Crippen LogP contribution is 2.35. The van der Waals surface area contributed by atoms with Gasteiger partial charge in [-0.1, -0.05) is 60.1 Å². The quantitative estimate of drug-likeness (QED) is 0.222. The molecule has 0 saturated carbocycles. The molecule has 3 aliphatic heterocycles. The van der Waals surface area contributed by atoms with E-state index in [-0.39, 0.29) is 5.41 Å². The molecule has 4 heterocycles. The second kappa shape index (κ2) is 15.0. The predicted molar refractivity (Wildman–Crippen MR) is 201 cm³/mol. The first-order chi connectivity index (χ1) is 23.5. The molecule has 0 amide bonds. The number of piperazine rings is 2. The van der Waals surface area contributed by atoms with Crippen LogP contribution in [0.3, 0.4) is 0 Å². The van der Waals surface area contributed by atoms with Gasteiger partial charge in [0.1, 0.15) is 11.6 Å². The van der Waals surface area contributed by atoms with Gasteiger partial charge >= 0.3 is 0 Å². The molecular formula is C37H43ClN8OS. The lowest BCUT2D eigenvalue weighted by atomic mass is 9.74. The largest absolute Gasteiger partial charge is 0.381 e. The molecule has 4 aromatic rings. The molecule has 0 bridgehead atoms. The summed E-state index contributed by atoms with van der Waals surface area (Å²) in [5.74, 6) is 2.36. The van der Waals surface area contributed by atoms with Crippen molar-refractivity contribution in [1.82, 2.24) is 15.3 Å². The summed E-state index contributed by atoms with van der Waals surface area (Å²) in [6.45, 7) is 9.33. The summed E-state index contributed by atoms with van der Waals surface area (Å²) in [5.41, 5.74) is 3.67.